The van der Waals surface area contributed by atoms with Gasteiger partial charge in [-0.2, -0.15) is 8.42 Å². The normalized spacial score (nSPS) is 15.9. The smallest absolute Gasteiger partial charge is 0.272 e. The number of hydrogen-bond donors (Lipinski definition) is 2. The van der Waals surface area contributed by atoms with Gasteiger partial charge in [0, 0.05) is 6.04 Å². The van der Waals surface area contributed by atoms with Crippen molar-refractivity contribution in [3.8, 4) is 0 Å². The molecule has 84 valence electrons. The van der Waals surface area contributed by atoms with Crippen LogP contribution in [0.2, 0.25) is 0 Å². The SMILES string of the molecule is CC(N)CC(c1ccccc1)S(=O)(=O)O. The number of nitrogens with two attached hydrogens (primary N) is 1. The lowest BCUT2D eigenvalue weighted by atomic mass is 10.1. The molecule has 1 aromatic rings. The summed E-state index contributed by atoms with van der Waals surface area (Å²) in [4.78, 5) is 0. The van der Waals surface area contributed by atoms with Crippen molar-refractivity contribution in [2.75, 3.05) is 0 Å². The second-order valence-electron chi connectivity index (χ2n) is 3.63. The molecule has 0 saturated heterocycles. The van der Waals surface area contributed by atoms with Crippen molar-refractivity contribution in [1.82, 2.24) is 0 Å². The largest absolute Gasteiger partial charge is 0.328 e. The zero-order valence-corrected chi connectivity index (χ0v) is 9.31. The van der Waals surface area contributed by atoms with Gasteiger partial charge >= 0.3 is 0 Å². The lowest BCUT2D eigenvalue weighted by molar-refractivity contribution is 0.458. The molecule has 0 radical (unpaired) electrons. The Balaban J connectivity index is 3.03. The fourth-order valence-electron chi connectivity index (χ4n) is 1.44. The van der Waals surface area contributed by atoms with Crippen LogP contribution >= 0.6 is 0 Å². The Bertz CT molecular complexity index is 400. The average molecular weight is 229 g/mol. The summed E-state index contributed by atoms with van der Waals surface area (Å²) < 4.78 is 31.4. The summed E-state index contributed by atoms with van der Waals surface area (Å²) in [5, 5.41) is -0.932. The van der Waals surface area contributed by atoms with Crippen LogP contribution < -0.4 is 5.73 Å². The first kappa shape index (κ1) is 12.2. The van der Waals surface area contributed by atoms with Crippen molar-refractivity contribution >= 4 is 10.1 Å². The van der Waals surface area contributed by atoms with Gasteiger partial charge in [0.25, 0.3) is 10.1 Å². The maximum Gasteiger partial charge on any atom is 0.272 e. The maximum absolute atomic E-state index is 11.2. The summed E-state index contributed by atoms with van der Waals surface area (Å²) in [7, 11) is -4.09. The van der Waals surface area contributed by atoms with Gasteiger partial charge < -0.3 is 5.73 Å². The number of rotatable bonds is 4. The second-order valence-corrected chi connectivity index (χ2v) is 5.23. The van der Waals surface area contributed by atoms with E-state index >= 15 is 0 Å². The monoisotopic (exact) mass is 229 g/mol. The molecule has 0 amide bonds. The van der Waals surface area contributed by atoms with E-state index in [2.05, 4.69) is 0 Å². The van der Waals surface area contributed by atoms with Crippen molar-refractivity contribution in [2.45, 2.75) is 24.6 Å². The summed E-state index contributed by atoms with van der Waals surface area (Å²) >= 11 is 0. The standard InChI is InChI=1S/C10H15NO3S/c1-8(11)7-10(15(12,13)14)9-5-3-2-4-6-9/h2-6,8,10H,7,11H2,1H3,(H,12,13,14). The Morgan fingerprint density at radius 3 is 2.27 bits per heavy atom. The van der Waals surface area contributed by atoms with Crippen molar-refractivity contribution in [2.24, 2.45) is 5.73 Å². The van der Waals surface area contributed by atoms with Gasteiger partial charge in [-0.3, -0.25) is 4.55 Å². The molecule has 0 saturated carbocycles. The van der Waals surface area contributed by atoms with Gasteiger partial charge in [-0.15, -0.1) is 0 Å². The highest BCUT2D eigenvalue weighted by atomic mass is 32.2. The van der Waals surface area contributed by atoms with Crippen molar-refractivity contribution in [3.05, 3.63) is 35.9 Å². The Morgan fingerprint density at radius 2 is 1.87 bits per heavy atom. The molecule has 0 aliphatic heterocycles. The van der Waals surface area contributed by atoms with Gasteiger partial charge in [0.2, 0.25) is 0 Å². The molecule has 0 aliphatic carbocycles. The topological polar surface area (TPSA) is 80.4 Å². The molecule has 3 N–H and O–H groups in total. The van der Waals surface area contributed by atoms with E-state index in [1.54, 1.807) is 37.3 Å². The van der Waals surface area contributed by atoms with Crippen molar-refractivity contribution in [1.29, 1.82) is 0 Å². The third-order valence-electron chi connectivity index (χ3n) is 2.12. The fourth-order valence-corrected chi connectivity index (χ4v) is 2.48. The molecular weight excluding hydrogens is 214 g/mol. The number of hydrogen-bond acceptors (Lipinski definition) is 3. The van der Waals surface area contributed by atoms with Gasteiger partial charge in [0.05, 0.1) is 0 Å². The minimum atomic E-state index is -4.09. The van der Waals surface area contributed by atoms with Gasteiger partial charge in [0.15, 0.2) is 0 Å². The Labute approximate surface area is 89.9 Å². The highest BCUT2D eigenvalue weighted by Crippen LogP contribution is 2.25. The van der Waals surface area contributed by atoms with Crippen LogP contribution in [0.1, 0.15) is 24.2 Å². The summed E-state index contributed by atoms with van der Waals surface area (Å²) in [6.07, 6.45) is 0.211. The van der Waals surface area contributed by atoms with Gasteiger partial charge in [-0.25, -0.2) is 0 Å². The average Bonchev–Trinajstić information content (AvgIpc) is 2.14. The lowest BCUT2D eigenvalue weighted by Crippen LogP contribution is -2.23. The Kier molecular flexibility index (Phi) is 3.84. The van der Waals surface area contributed by atoms with Crippen LogP contribution in [0.3, 0.4) is 0 Å². The third kappa shape index (κ3) is 3.62. The van der Waals surface area contributed by atoms with Gasteiger partial charge in [-0.05, 0) is 18.9 Å². The number of benzene rings is 1. The molecule has 1 aromatic carbocycles. The molecule has 4 nitrogen and oxygen atoms in total. The first-order valence-electron chi connectivity index (χ1n) is 4.68. The van der Waals surface area contributed by atoms with E-state index in [1.165, 1.54) is 0 Å². The van der Waals surface area contributed by atoms with E-state index in [0.717, 1.165) is 0 Å². The first-order chi connectivity index (χ1) is 6.91. The Morgan fingerprint density at radius 1 is 1.33 bits per heavy atom. The third-order valence-corrected chi connectivity index (χ3v) is 3.30. The zero-order valence-electron chi connectivity index (χ0n) is 8.50. The van der Waals surface area contributed by atoms with Gasteiger partial charge in [-0.1, -0.05) is 30.3 Å². The van der Waals surface area contributed by atoms with Crippen LogP contribution in [0.25, 0.3) is 0 Å². The van der Waals surface area contributed by atoms with E-state index in [-0.39, 0.29) is 12.5 Å². The molecule has 0 aliphatic rings. The Hall–Kier alpha value is -0.910. The molecule has 0 heterocycles. The van der Waals surface area contributed by atoms with Gasteiger partial charge in [0.1, 0.15) is 5.25 Å². The maximum atomic E-state index is 11.2. The zero-order chi connectivity index (χ0) is 11.5. The van der Waals surface area contributed by atoms with E-state index in [4.69, 9.17) is 10.3 Å². The summed E-state index contributed by atoms with van der Waals surface area (Å²) in [6, 6.07) is 8.30. The highest BCUT2D eigenvalue weighted by molar-refractivity contribution is 7.86. The molecule has 1 rings (SSSR count). The van der Waals surface area contributed by atoms with E-state index in [1.807, 2.05) is 0 Å². The van der Waals surface area contributed by atoms with Crippen molar-refractivity contribution in [3.63, 3.8) is 0 Å². The van der Waals surface area contributed by atoms with E-state index in [0.29, 0.717) is 5.56 Å². The predicted octanol–water partition coefficient (Wildman–Crippen LogP) is 1.35. The van der Waals surface area contributed by atoms with Crippen LogP contribution in [0.15, 0.2) is 30.3 Å². The van der Waals surface area contributed by atoms with Crippen molar-refractivity contribution < 1.29 is 13.0 Å². The van der Waals surface area contributed by atoms with Crippen LogP contribution in [-0.4, -0.2) is 19.0 Å². The lowest BCUT2D eigenvalue weighted by Gasteiger charge is -2.16. The minimum absolute atomic E-state index is 0.211. The second kappa shape index (κ2) is 4.74. The summed E-state index contributed by atoms with van der Waals surface area (Å²) in [5.74, 6) is 0. The van der Waals surface area contributed by atoms with Crippen LogP contribution in [-0.2, 0) is 10.1 Å². The summed E-state index contributed by atoms with van der Waals surface area (Å²) in [6.45, 7) is 1.71. The molecule has 0 spiro atoms. The molecule has 2 atom stereocenters. The molecular formula is C10H15NO3S. The van der Waals surface area contributed by atoms with Crippen LogP contribution in [0, 0.1) is 0 Å². The molecule has 0 bridgehead atoms. The predicted molar refractivity (Wildman–Crippen MR) is 59.0 cm³/mol. The molecule has 2 unspecified atom stereocenters. The van der Waals surface area contributed by atoms with Crippen LogP contribution in [0.5, 0.6) is 0 Å². The van der Waals surface area contributed by atoms with E-state index in [9.17, 15) is 8.42 Å². The molecule has 5 heteroatoms. The summed E-state index contributed by atoms with van der Waals surface area (Å²) in [5.41, 5.74) is 6.12. The molecule has 0 fully saturated rings. The molecule has 15 heavy (non-hydrogen) atoms. The highest BCUT2D eigenvalue weighted by Gasteiger charge is 2.25. The quantitative estimate of drug-likeness (QED) is 0.764. The first-order valence-corrected chi connectivity index (χ1v) is 6.18. The van der Waals surface area contributed by atoms with Crippen LogP contribution in [0.4, 0.5) is 0 Å². The molecule has 0 aromatic heterocycles. The minimum Gasteiger partial charge on any atom is -0.328 e. The fraction of sp³-hybridized carbons (Fsp3) is 0.400. The van der Waals surface area contributed by atoms with E-state index < -0.39 is 15.4 Å².